The van der Waals surface area contributed by atoms with Gasteiger partial charge in [-0.2, -0.15) is 0 Å². The number of carbonyl (C=O) groups excluding carboxylic acids is 1. The molecule has 1 aromatic rings. The smallest absolute Gasteiger partial charge is 0.325 e. The molecule has 2 fully saturated rings. The monoisotopic (exact) mass is 358 g/mol. The van der Waals surface area contributed by atoms with Gasteiger partial charge in [0.2, 0.25) is 0 Å². The number of nitrogens with zero attached hydrogens (tertiary/aromatic N) is 2. The standard InChI is InChI=1S/C15H20F2N4O4/c16-15(17)2-4-20(5-3-15)8-14(25)1-6-21(9-14)12(23)10-7-18-13(24)19-11(10)22/h7,25H,1-6,8-9H2,(H2,18,19,22,24)/t14-/m0/s1. The van der Waals surface area contributed by atoms with Crippen LogP contribution < -0.4 is 11.2 Å². The van der Waals surface area contributed by atoms with E-state index < -0.39 is 28.7 Å². The fourth-order valence-corrected chi connectivity index (χ4v) is 3.35. The molecule has 25 heavy (non-hydrogen) atoms. The van der Waals surface area contributed by atoms with E-state index in [1.807, 2.05) is 4.98 Å². The van der Waals surface area contributed by atoms with E-state index in [1.54, 1.807) is 4.90 Å². The van der Waals surface area contributed by atoms with Crippen molar-refractivity contribution >= 4 is 5.91 Å². The molecule has 2 aliphatic rings. The Labute approximate surface area is 141 Å². The second-order valence-electron chi connectivity index (χ2n) is 6.82. The van der Waals surface area contributed by atoms with E-state index >= 15 is 0 Å². The highest BCUT2D eigenvalue weighted by molar-refractivity contribution is 5.93. The summed E-state index contributed by atoms with van der Waals surface area (Å²) < 4.78 is 26.4. The lowest BCUT2D eigenvalue weighted by Gasteiger charge is -2.36. The fraction of sp³-hybridized carbons (Fsp3) is 0.667. The van der Waals surface area contributed by atoms with Crippen LogP contribution in [-0.4, -0.2) is 75.0 Å². The Hall–Kier alpha value is -2.07. The molecular formula is C15H20F2N4O4. The van der Waals surface area contributed by atoms with Gasteiger partial charge < -0.3 is 15.0 Å². The number of halogens is 2. The van der Waals surface area contributed by atoms with Gasteiger partial charge in [-0.1, -0.05) is 0 Å². The minimum Gasteiger partial charge on any atom is -0.387 e. The maximum atomic E-state index is 13.2. The van der Waals surface area contributed by atoms with Crippen LogP contribution in [-0.2, 0) is 0 Å². The Kier molecular flexibility index (Phi) is 4.50. The number of hydrogen-bond acceptors (Lipinski definition) is 5. The molecule has 0 unspecified atom stereocenters. The molecule has 0 aromatic carbocycles. The summed E-state index contributed by atoms with van der Waals surface area (Å²) in [7, 11) is 0. The molecule has 0 aliphatic carbocycles. The number of alkyl halides is 2. The topological polar surface area (TPSA) is 109 Å². The quantitative estimate of drug-likeness (QED) is 0.667. The molecule has 138 valence electrons. The van der Waals surface area contributed by atoms with Crippen LogP contribution in [0.15, 0.2) is 15.8 Å². The summed E-state index contributed by atoms with van der Waals surface area (Å²) >= 11 is 0. The molecule has 1 aromatic heterocycles. The third-order valence-electron chi connectivity index (χ3n) is 4.77. The number of H-pyrrole nitrogens is 2. The summed E-state index contributed by atoms with van der Waals surface area (Å²) in [4.78, 5) is 42.5. The zero-order chi connectivity index (χ0) is 18.2. The number of aromatic amines is 2. The Morgan fingerprint density at radius 3 is 2.52 bits per heavy atom. The van der Waals surface area contributed by atoms with Gasteiger partial charge in [-0.05, 0) is 6.42 Å². The first kappa shape index (κ1) is 17.7. The van der Waals surface area contributed by atoms with Crippen LogP contribution in [0.1, 0.15) is 29.6 Å². The van der Waals surface area contributed by atoms with E-state index in [1.165, 1.54) is 4.90 Å². The van der Waals surface area contributed by atoms with Crippen molar-refractivity contribution in [2.75, 3.05) is 32.7 Å². The molecule has 2 aliphatic heterocycles. The van der Waals surface area contributed by atoms with Crippen molar-refractivity contribution in [3.63, 3.8) is 0 Å². The summed E-state index contributed by atoms with van der Waals surface area (Å²) in [6, 6.07) is 0. The van der Waals surface area contributed by atoms with Crippen molar-refractivity contribution in [2.45, 2.75) is 30.8 Å². The van der Waals surface area contributed by atoms with Gasteiger partial charge in [0, 0.05) is 45.2 Å². The van der Waals surface area contributed by atoms with E-state index in [0.717, 1.165) is 6.20 Å². The number of aliphatic hydroxyl groups is 1. The molecule has 8 nitrogen and oxygen atoms in total. The Morgan fingerprint density at radius 2 is 1.88 bits per heavy atom. The third kappa shape index (κ3) is 3.96. The number of rotatable bonds is 3. The maximum Gasteiger partial charge on any atom is 0.325 e. The number of β-amino-alcohol motifs (C(OH)–C–C–N with tert-alkyl or cyclic N) is 1. The van der Waals surface area contributed by atoms with E-state index in [4.69, 9.17) is 0 Å². The molecule has 0 bridgehead atoms. The zero-order valence-corrected chi connectivity index (χ0v) is 13.6. The first-order valence-corrected chi connectivity index (χ1v) is 8.11. The lowest BCUT2D eigenvalue weighted by molar-refractivity contribution is -0.0720. The molecule has 2 saturated heterocycles. The Balaban J connectivity index is 1.63. The summed E-state index contributed by atoms with van der Waals surface area (Å²) in [5.41, 5.74) is -2.90. The molecule has 1 amide bonds. The molecule has 10 heteroatoms. The van der Waals surface area contributed by atoms with Crippen LogP contribution in [0.3, 0.4) is 0 Å². The molecular weight excluding hydrogens is 338 g/mol. The van der Waals surface area contributed by atoms with Crippen molar-refractivity contribution in [2.24, 2.45) is 0 Å². The number of carbonyl (C=O) groups is 1. The summed E-state index contributed by atoms with van der Waals surface area (Å²) in [5.74, 6) is -3.24. The number of likely N-dealkylation sites (tertiary alicyclic amines) is 2. The normalized spacial score (nSPS) is 26.8. The number of amides is 1. The van der Waals surface area contributed by atoms with Gasteiger partial charge in [0.25, 0.3) is 17.4 Å². The fourth-order valence-electron chi connectivity index (χ4n) is 3.35. The number of hydrogen-bond donors (Lipinski definition) is 3. The van der Waals surface area contributed by atoms with Gasteiger partial charge in [0.05, 0.1) is 12.1 Å². The molecule has 0 spiro atoms. The van der Waals surface area contributed by atoms with Crippen LogP contribution in [0.25, 0.3) is 0 Å². The van der Waals surface area contributed by atoms with E-state index in [2.05, 4.69) is 4.98 Å². The molecule has 3 N–H and O–H groups in total. The van der Waals surface area contributed by atoms with Gasteiger partial charge in [0.1, 0.15) is 5.56 Å². The lowest BCUT2D eigenvalue weighted by Crippen LogP contribution is -2.50. The Morgan fingerprint density at radius 1 is 1.20 bits per heavy atom. The van der Waals surface area contributed by atoms with Crippen LogP contribution in [0.5, 0.6) is 0 Å². The maximum absolute atomic E-state index is 13.2. The number of aromatic nitrogens is 2. The van der Waals surface area contributed by atoms with Crippen LogP contribution in [0.2, 0.25) is 0 Å². The Bertz CT molecular complexity index is 767. The molecule has 0 saturated carbocycles. The van der Waals surface area contributed by atoms with Gasteiger partial charge in [-0.3, -0.25) is 19.5 Å². The third-order valence-corrected chi connectivity index (χ3v) is 4.77. The second kappa shape index (κ2) is 6.34. The highest BCUT2D eigenvalue weighted by Gasteiger charge is 2.42. The highest BCUT2D eigenvalue weighted by atomic mass is 19.3. The molecule has 0 radical (unpaired) electrons. The van der Waals surface area contributed by atoms with Crippen molar-refractivity contribution < 1.29 is 18.7 Å². The van der Waals surface area contributed by atoms with Crippen molar-refractivity contribution in [3.05, 3.63) is 32.6 Å². The van der Waals surface area contributed by atoms with Crippen LogP contribution in [0.4, 0.5) is 8.78 Å². The minimum atomic E-state index is -2.65. The molecule has 3 heterocycles. The lowest BCUT2D eigenvalue weighted by atomic mass is 10.00. The average molecular weight is 358 g/mol. The molecule has 3 rings (SSSR count). The van der Waals surface area contributed by atoms with Crippen molar-refractivity contribution in [1.82, 2.24) is 19.8 Å². The predicted molar refractivity (Wildman–Crippen MR) is 83.8 cm³/mol. The summed E-state index contributed by atoms with van der Waals surface area (Å²) in [6.45, 7) is 0.857. The van der Waals surface area contributed by atoms with Gasteiger partial charge in [-0.15, -0.1) is 0 Å². The van der Waals surface area contributed by atoms with Gasteiger partial charge >= 0.3 is 5.69 Å². The van der Waals surface area contributed by atoms with Gasteiger partial charge in [-0.25, -0.2) is 13.6 Å². The number of piperidine rings is 1. The largest absolute Gasteiger partial charge is 0.387 e. The summed E-state index contributed by atoms with van der Waals surface area (Å²) in [6.07, 6.45) is 0.872. The minimum absolute atomic E-state index is 0.0112. The zero-order valence-electron chi connectivity index (χ0n) is 13.6. The number of nitrogens with one attached hydrogen (secondary N) is 2. The molecule has 1 atom stereocenters. The SMILES string of the molecule is O=C(c1c[nH]c(=O)[nH]c1=O)N1CC[C@](O)(CN2CCC(F)(F)CC2)C1. The van der Waals surface area contributed by atoms with Crippen molar-refractivity contribution in [3.8, 4) is 0 Å². The van der Waals surface area contributed by atoms with Crippen molar-refractivity contribution in [1.29, 1.82) is 0 Å². The average Bonchev–Trinajstić information content (AvgIpc) is 2.91. The second-order valence-corrected chi connectivity index (χ2v) is 6.82. The summed E-state index contributed by atoms with van der Waals surface area (Å²) in [5, 5.41) is 10.7. The van der Waals surface area contributed by atoms with E-state index in [9.17, 15) is 28.3 Å². The van der Waals surface area contributed by atoms with Crippen LogP contribution in [0, 0.1) is 0 Å². The highest BCUT2D eigenvalue weighted by Crippen LogP contribution is 2.30. The first-order chi connectivity index (χ1) is 11.7. The first-order valence-electron chi connectivity index (χ1n) is 8.11. The van der Waals surface area contributed by atoms with Gasteiger partial charge in [0.15, 0.2) is 0 Å². The van der Waals surface area contributed by atoms with E-state index in [0.29, 0.717) is 6.42 Å². The van der Waals surface area contributed by atoms with Crippen LogP contribution >= 0.6 is 0 Å². The van der Waals surface area contributed by atoms with E-state index in [-0.39, 0.29) is 51.1 Å². The predicted octanol–water partition coefficient (Wildman–Crippen LogP) is -0.629.